The van der Waals surface area contributed by atoms with E-state index >= 15 is 0 Å². The van der Waals surface area contributed by atoms with Crippen LogP contribution in [0.4, 0.5) is 0 Å². The van der Waals surface area contributed by atoms with Gasteiger partial charge >= 0.3 is 0 Å². The second-order valence-corrected chi connectivity index (χ2v) is 7.62. The molecular formula is C19H27N5O. The fourth-order valence-electron chi connectivity index (χ4n) is 4.60. The first-order valence-electron chi connectivity index (χ1n) is 9.35. The highest BCUT2D eigenvalue weighted by Crippen LogP contribution is 2.45. The van der Waals surface area contributed by atoms with Crippen LogP contribution < -0.4 is 0 Å². The van der Waals surface area contributed by atoms with E-state index in [1.54, 1.807) is 6.20 Å². The van der Waals surface area contributed by atoms with Gasteiger partial charge < -0.3 is 9.67 Å². The number of rotatable bonds is 5. The van der Waals surface area contributed by atoms with Crippen LogP contribution in [-0.2, 0) is 25.6 Å². The topological polar surface area (TPSA) is 67.1 Å². The summed E-state index contributed by atoms with van der Waals surface area (Å²) in [5.74, 6) is 1.73. The maximum absolute atomic E-state index is 11.2. The summed E-state index contributed by atoms with van der Waals surface area (Å²) >= 11 is 0. The van der Waals surface area contributed by atoms with E-state index in [1.807, 2.05) is 30.2 Å². The molecule has 2 aliphatic heterocycles. The van der Waals surface area contributed by atoms with Gasteiger partial charge in [-0.15, -0.1) is 0 Å². The van der Waals surface area contributed by atoms with Crippen LogP contribution in [0.25, 0.3) is 0 Å². The van der Waals surface area contributed by atoms with Crippen molar-refractivity contribution in [2.45, 2.75) is 69.7 Å². The molecule has 2 aromatic heterocycles. The predicted octanol–water partition coefficient (Wildman–Crippen LogP) is 2.18. The quantitative estimate of drug-likeness (QED) is 0.903. The van der Waals surface area contributed by atoms with Crippen molar-refractivity contribution in [2.24, 2.45) is 7.05 Å². The Morgan fingerprint density at radius 1 is 1.16 bits per heavy atom. The van der Waals surface area contributed by atoms with Gasteiger partial charge in [0.1, 0.15) is 17.2 Å². The van der Waals surface area contributed by atoms with E-state index in [2.05, 4.69) is 26.8 Å². The zero-order valence-corrected chi connectivity index (χ0v) is 15.1. The van der Waals surface area contributed by atoms with Crippen molar-refractivity contribution >= 4 is 0 Å². The first-order chi connectivity index (χ1) is 12.1. The van der Waals surface area contributed by atoms with Crippen LogP contribution in [0.1, 0.15) is 56.2 Å². The smallest absolute Gasteiger partial charge is 0.140 e. The Labute approximate surface area is 148 Å². The fraction of sp³-hybridized carbons (Fsp3) is 0.632. The van der Waals surface area contributed by atoms with Gasteiger partial charge in [-0.3, -0.25) is 4.90 Å². The third-order valence-electron chi connectivity index (χ3n) is 5.75. The standard InChI is InChI=1S/C19H27N5O/c1-3-4-17-21-11-14(12-22-17)13-24-15-5-6-16(24)10-19(25,9-15)18-20-7-8-23(18)2/h7-8,11-12,15-16,25H,3-6,9-10,13H2,1-2H3/t15-,16-/m0/s1. The van der Waals surface area contributed by atoms with E-state index in [4.69, 9.17) is 0 Å². The molecule has 6 heteroatoms. The zero-order valence-electron chi connectivity index (χ0n) is 15.1. The average molecular weight is 341 g/mol. The van der Waals surface area contributed by atoms with E-state index in [0.717, 1.165) is 56.7 Å². The van der Waals surface area contributed by atoms with Crippen LogP contribution in [0.3, 0.4) is 0 Å². The second-order valence-electron chi connectivity index (χ2n) is 7.62. The second kappa shape index (κ2) is 6.50. The summed E-state index contributed by atoms with van der Waals surface area (Å²) in [6.45, 7) is 3.02. The number of aryl methyl sites for hydroxylation is 2. The van der Waals surface area contributed by atoms with Gasteiger partial charge in [0.05, 0.1) is 0 Å². The Bertz CT molecular complexity index is 712. The van der Waals surface area contributed by atoms with Gasteiger partial charge in [-0.05, 0) is 32.1 Å². The summed E-state index contributed by atoms with van der Waals surface area (Å²) in [6.07, 6.45) is 13.4. The van der Waals surface area contributed by atoms with E-state index in [-0.39, 0.29) is 0 Å². The molecule has 2 saturated heterocycles. The number of nitrogens with zero attached hydrogens (tertiary/aromatic N) is 5. The van der Waals surface area contributed by atoms with E-state index in [1.165, 1.54) is 5.56 Å². The Balaban J connectivity index is 1.48. The molecule has 0 unspecified atom stereocenters. The van der Waals surface area contributed by atoms with Gasteiger partial charge in [0.25, 0.3) is 0 Å². The zero-order chi connectivity index (χ0) is 17.4. The molecule has 0 radical (unpaired) electrons. The number of fused-ring (bicyclic) bond motifs is 2. The summed E-state index contributed by atoms with van der Waals surface area (Å²) in [5, 5.41) is 11.2. The Morgan fingerprint density at radius 2 is 1.84 bits per heavy atom. The largest absolute Gasteiger partial charge is 0.382 e. The van der Waals surface area contributed by atoms with Crippen LogP contribution in [0.2, 0.25) is 0 Å². The molecule has 4 rings (SSSR count). The first-order valence-corrected chi connectivity index (χ1v) is 9.35. The van der Waals surface area contributed by atoms with Gasteiger partial charge in [0.15, 0.2) is 0 Å². The Hall–Kier alpha value is -1.79. The van der Waals surface area contributed by atoms with E-state index in [9.17, 15) is 5.11 Å². The summed E-state index contributed by atoms with van der Waals surface area (Å²) in [6, 6.07) is 0.798. The highest BCUT2D eigenvalue weighted by Gasteiger charge is 2.49. The molecule has 0 aromatic carbocycles. The molecule has 2 bridgehead atoms. The third kappa shape index (κ3) is 3.09. The van der Waals surface area contributed by atoms with Gasteiger partial charge in [-0.2, -0.15) is 0 Å². The van der Waals surface area contributed by atoms with E-state index in [0.29, 0.717) is 12.1 Å². The van der Waals surface area contributed by atoms with Crippen molar-refractivity contribution in [1.82, 2.24) is 24.4 Å². The lowest BCUT2D eigenvalue weighted by Crippen LogP contribution is -2.50. The van der Waals surface area contributed by atoms with Crippen LogP contribution >= 0.6 is 0 Å². The lowest BCUT2D eigenvalue weighted by atomic mass is 9.85. The molecule has 2 aromatic rings. The molecule has 2 fully saturated rings. The van der Waals surface area contributed by atoms with Crippen molar-refractivity contribution in [1.29, 1.82) is 0 Å². The van der Waals surface area contributed by atoms with Crippen LogP contribution in [0.5, 0.6) is 0 Å². The SMILES string of the molecule is CCCc1ncc(CN2[C@H]3CC[C@H]2CC(O)(c2nccn2C)C3)cn1. The maximum Gasteiger partial charge on any atom is 0.140 e. The normalized spacial score (nSPS) is 29.2. The summed E-state index contributed by atoms with van der Waals surface area (Å²) in [7, 11) is 1.96. The van der Waals surface area contributed by atoms with Crippen molar-refractivity contribution in [3.63, 3.8) is 0 Å². The molecule has 2 aliphatic rings. The average Bonchev–Trinajstić information content (AvgIpc) is 3.13. The molecular weight excluding hydrogens is 314 g/mol. The number of aromatic nitrogens is 4. The molecule has 0 saturated carbocycles. The molecule has 25 heavy (non-hydrogen) atoms. The van der Waals surface area contributed by atoms with Crippen molar-refractivity contribution in [2.75, 3.05) is 0 Å². The first kappa shape index (κ1) is 16.7. The minimum absolute atomic E-state index is 0.399. The minimum atomic E-state index is -0.804. The van der Waals surface area contributed by atoms with Crippen LogP contribution in [0.15, 0.2) is 24.8 Å². The number of imidazole rings is 1. The summed E-state index contributed by atoms with van der Waals surface area (Å²) < 4.78 is 1.95. The molecule has 4 heterocycles. The number of hydrogen-bond donors (Lipinski definition) is 1. The third-order valence-corrected chi connectivity index (χ3v) is 5.75. The number of piperidine rings is 1. The molecule has 6 nitrogen and oxygen atoms in total. The van der Waals surface area contributed by atoms with E-state index < -0.39 is 5.60 Å². The molecule has 0 spiro atoms. The van der Waals surface area contributed by atoms with Crippen molar-refractivity contribution in [3.05, 3.63) is 42.0 Å². The molecule has 1 N–H and O–H groups in total. The fourth-order valence-corrected chi connectivity index (χ4v) is 4.60. The maximum atomic E-state index is 11.2. The van der Waals surface area contributed by atoms with Gasteiger partial charge in [-0.25, -0.2) is 15.0 Å². The Kier molecular flexibility index (Phi) is 4.33. The van der Waals surface area contributed by atoms with Crippen molar-refractivity contribution < 1.29 is 5.11 Å². The highest BCUT2D eigenvalue weighted by atomic mass is 16.3. The molecule has 0 amide bonds. The minimum Gasteiger partial charge on any atom is -0.382 e. The lowest BCUT2D eigenvalue weighted by Gasteiger charge is -2.43. The highest BCUT2D eigenvalue weighted by molar-refractivity contribution is 5.14. The van der Waals surface area contributed by atoms with Crippen molar-refractivity contribution in [3.8, 4) is 0 Å². The summed E-state index contributed by atoms with van der Waals surface area (Å²) in [4.78, 5) is 15.9. The molecule has 0 aliphatic carbocycles. The van der Waals surface area contributed by atoms with Gasteiger partial charge in [-0.1, -0.05) is 6.92 Å². The Morgan fingerprint density at radius 3 is 2.40 bits per heavy atom. The predicted molar refractivity (Wildman–Crippen MR) is 94.7 cm³/mol. The van der Waals surface area contributed by atoms with Crippen LogP contribution in [-0.4, -0.2) is 41.6 Å². The monoisotopic (exact) mass is 341 g/mol. The van der Waals surface area contributed by atoms with Gasteiger partial charge in [0.2, 0.25) is 0 Å². The molecule has 134 valence electrons. The van der Waals surface area contributed by atoms with Crippen LogP contribution in [0, 0.1) is 0 Å². The number of aliphatic hydroxyl groups is 1. The molecule has 2 atom stereocenters. The lowest BCUT2D eigenvalue weighted by molar-refractivity contribution is -0.0669. The van der Waals surface area contributed by atoms with Gasteiger partial charge in [0, 0.05) is 62.4 Å². The number of hydrogen-bond acceptors (Lipinski definition) is 5. The summed E-state index contributed by atoms with van der Waals surface area (Å²) in [5.41, 5.74) is 0.362.